The van der Waals surface area contributed by atoms with Gasteiger partial charge in [0, 0.05) is 5.69 Å². The Bertz CT molecular complexity index is 985. The second kappa shape index (κ2) is 9.09. The topological polar surface area (TPSA) is 50.4 Å². The highest BCUT2D eigenvalue weighted by Crippen LogP contribution is 2.24. The number of amides is 1. The molecule has 5 heteroatoms. The summed E-state index contributed by atoms with van der Waals surface area (Å²) in [6, 6.07) is 21.4. The summed E-state index contributed by atoms with van der Waals surface area (Å²) in [7, 11) is 0. The number of ether oxygens (including phenoxy) is 1. The predicted octanol–water partition coefficient (Wildman–Crippen LogP) is 5.09. The normalized spacial score (nSPS) is 18.2. The Kier molecular flexibility index (Phi) is 6.10. The molecule has 154 valence electrons. The van der Waals surface area contributed by atoms with Crippen LogP contribution in [0.15, 0.2) is 72.8 Å². The number of carbonyl (C=O) groups excluding carboxylic acids is 1. The maximum absolute atomic E-state index is 13.0. The van der Waals surface area contributed by atoms with E-state index >= 15 is 0 Å². The molecule has 1 fully saturated rings. The van der Waals surface area contributed by atoms with Crippen LogP contribution in [0.5, 0.6) is 11.5 Å². The first-order valence-electron chi connectivity index (χ1n) is 10.2. The van der Waals surface area contributed by atoms with Crippen LogP contribution in [0.2, 0.25) is 0 Å². The molecule has 1 aliphatic rings. The van der Waals surface area contributed by atoms with Crippen LogP contribution in [0, 0.1) is 18.7 Å². The van der Waals surface area contributed by atoms with Crippen LogP contribution in [0.1, 0.15) is 17.5 Å². The molecule has 2 N–H and O–H groups in total. The fourth-order valence-corrected chi connectivity index (χ4v) is 3.70. The molecular weight excluding hydrogens is 379 g/mol. The molecule has 0 aromatic heterocycles. The van der Waals surface area contributed by atoms with Crippen LogP contribution in [-0.4, -0.2) is 18.5 Å². The summed E-state index contributed by atoms with van der Waals surface area (Å²) in [6.45, 7) is 2.93. The number of hydrogen-bond donors (Lipinski definition) is 2. The highest BCUT2D eigenvalue weighted by atomic mass is 19.1. The summed E-state index contributed by atoms with van der Waals surface area (Å²) < 4.78 is 18.7. The molecule has 0 spiro atoms. The van der Waals surface area contributed by atoms with E-state index in [1.807, 2.05) is 0 Å². The summed E-state index contributed by atoms with van der Waals surface area (Å²) in [6.07, 6.45) is 1.80. The van der Waals surface area contributed by atoms with E-state index in [-0.39, 0.29) is 17.8 Å². The maximum atomic E-state index is 13.0. The number of halogens is 1. The Balaban J connectivity index is 1.28. The van der Waals surface area contributed by atoms with E-state index in [1.165, 1.54) is 23.3 Å². The molecule has 3 aromatic rings. The van der Waals surface area contributed by atoms with Crippen LogP contribution in [0.4, 0.5) is 10.1 Å². The van der Waals surface area contributed by atoms with Gasteiger partial charge in [0.1, 0.15) is 17.3 Å². The zero-order chi connectivity index (χ0) is 20.9. The van der Waals surface area contributed by atoms with Crippen molar-refractivity contribution in [1.29, 1.82) is 0 Å². The second-order valence-electron chi connectivity index (χ2n) is 7.82. The van der Waals surface area contributed by atoms with Crippen molar-refractivity contribution >= 4 is 11.6 Å². The molecule has 4 rings (SSSR count). The third-order valence-electron chi connectivity index (χ3n) is 5.35. The van der Waals surface area contributed by atoms with Gasteiger partial charge in [-0.25, -0.2) is 4.39 Å². The van der Waals surface area contributed by atoms with Gasteiger partial charge in [-0.1, -0.05) is 29.8 Å². The molecule has 0 aliphatic carbocycles. The van der Waals surface area contributed by atoms with Crippen molar-refractivity contribution in [3.05, 3.63) is 89.7 Å². The molecule has 0 radical (unpaired) electrons. The first-order chi connectivity index (χ1) is 14.5. The number of rotatable bonds is 6. The Hall–Kier alpha value is -3.18. The first kappa shape index (κ1) is 20.1. The molecule has 1 heterocycles. The summed E-state index contributed by atoms with van der Waals surface area (Å²) in [4.78, 5) is 12.6. The average Bonchev–Trinajstić information content (AvgIpc) is 3.22. The lowest BCUT2D eigenvalue weighted by Gasteiger charge is -2.12. The largest absolute Gasteiger partial charge is 0.457 e. The predicted molar refractivity (Wildman–Crippen MR) is 116 cm³/mol. The number of anilines is 1. The zero-order valence-corrected chi connectivity index (χ0v) is 16.9. The summed E-state index contributed by atoms with van der Waals surface area (Å²) in [5, 5.41) is 6.31. The molecule has 30 heavy (non-hydrogen) atoms. The van der Waals surface area contributed by atoms with Crippen molar-refractivity contribution < 1.29 is 13.9 Å². The first-order valence-corrected chi connectivity index (χ1v) is 10.2. The number of carbonyl (C=O) groups is 1. The van der Waals surface area contributed by atoms with E-state index in [0.29, 0.717) is 17.4 Å². The van der Waals surface area contributed by atoms with Crippen LogP contribution in [0.25, 0.3) is 0 Å². The van der Waals surface area contributed by atoms with Gasteiger partial charge < -0.3 is 15.4 Å². The Labute approximate surface area is 176 Å². The van der Waals surface area contributed by atoms with Gasteiger partial charge >= 0.3 is 0 Å². The van der Waals surface area contributed by atoms with Gasteiger partial charge in [0.05, 0.1) is 6.04 Å². The fourth-order valence-electron chi connectivity index (χ4n) is 3.70. The third kappa shape index (κ3) is 5.24. The van der Waals surface area contributed by atoms with Crippen molar-refractivity contribution in [2.24, 2.45) is 5.92 Å². The van der Waals surface area contributed by atoms with Crippen molar-refractivity contribution in [2.75, 3.05) is 11.9 Å². The molecule has 2 atom stereocenters. The lowest BCUT2D eigenvalue weighted by molar-refractivity contribution is -0.117. The van der Waals surface area contributed by atoms with E-state index in [2.05, 4.69) is 41.8 Å². The second-order valence-corrected chi connectivity index (χ2v) is 7.82. The number of hydrogen-bond acceptors (Lipinski definition) is 3. The Morgan fingerprint density at radius 2 is 1.63 bits per heavy atom. The van der Waals surface area contributed by atoms with Gasteiger partial charge in [0.2, 0.25) is 5.91 Å². The summed E-state index contributed by atoms with van der Waals surface area (Å²) in [5.41, 5.74) is 3.29. The standard InChI is InChI=1S/C25H25FN2O2/c1-17-2-4-18(5-3-17)14-19-15-24(27-16-19)25(29)28-21-8-12-23(13-9-21)30-22-10-6-20(26)7-11-22/h2-13,19,24,27H,14-16H2,1H3,(H,28,29). The summed E-state index contributed by atoms with van der Waals surface area (Å²) >= 11 is 0. The van der Waals surface area contributed by atoms with E-state index in [1.54, 1.807) is 36.4 Å². The Morgan fingerprint density at radius 1 is 1.00 bits per heavy atom. The molecule has 4 nitrogen and oxygen atoms in total. The smallest absolute Gasteiger partial charge is 0.241 e. The lowest BCUT2D eigenvalue weighted by atomic mass is 9.96. The van der Waals surface area contributed by atoms with E-state index in [0.717, 1.165) is 25.1 Å². The minimum absolute atomic E-state index is 0.0198. The molecule has 1 aliphatic heterocycles. The van der Waals surface area contributed by atoms with Crippen molar-refractivity contribution in [1.82, 2.24) is 5.32 Å². The van der Waals surface area contributed by atoms with Gasteiger partial charge in [-0.2, -0.15) is 0 Å². The number of aryl methyl sites for hydroxylation is 1. The van der Waals surface area contributed by atoms with Gasteiger partial charge in [0.15, 0.2) is 0 Å². The molecule has 0 bridgehead atoms. The fraction of sp³-hybridized carbons (Fsp3) is 0.240. The number of nitrogens with one attached hydrogen (secondary N) is 2. The van der Waals surface area contributed by atoms with E-state index in [4.69, 9.17) is 4.74 Å². The highest BCUT2D eigenvalue weighted by Gasteiger charge is 2.29. The van der Waals surface area contributed by atoms with E-state index < -0.39 is 0 Å². The minimum Gasteiger partial charge on any atom is -0.457 e. The Morgan fingerprint density at radius 3 is 2.30 bits per heavy atom. The van der Waals surface area contributed by atoms with Gasteiger partial charge in [-0.15, -0.1) is 0 Å². The quantitative estimate of drug-likeness (QED) is 0.602. The number of benzene rings is 3. The van der Waals surface area contributed by atoms with E-state index in [9.17, 15) is 9.18 Å². The minimum atomic E-state index is -0.304. The summed E-state index contributed by atoms with van der Waals surface area (Å²) in [5.74, 6) is 1.31. The molecule has 3 aromatic carbocycles. The lowest BCUT2D eigenvalue weighted by Crippen LogP contribution is -2.35. The zero-order valence-electron chi connectivity index (χ0n) is 16.9. The van der Waals surface area contributed by atoms with Crippen LogP contribution in [0.3, 0.4) is 0 Å². The van der Waals surface area contributed by atoms with Crippen molar-refractivity contribution in [2.45, 2.75) is 25.8 Å². The van der Waals surface area contributed by atoms with Crippen molar-refractivity contribution in [3.8, 4) is 11.5 Å². The van der Waals surface area contributed by atoms with Crippen LogP contribution < -0.4 is 15.4 Å². The molecule has 1 amide bonds. The van der Waals surface area contributed by atoms with Gasteiger partial charge in [0.25, 0.3) is 0 Å². The highest BCUT2D eigenvalue weighted by molar-refractivity contribution is 5.95. The molecule has 0 saturated carbocycles. The van der Waals surface area contributed by atoms with Crippen LogP contribution >= 0.6 is 0 Å². The third-order valence-corrected chi connectivity index (χ3v) is 5.35. The average molecular weight is 404 g/mol. The molecule has 1 saturated heterocycles. The maximum Gasteiger partial charge on any atom is 0.241 e. The monoisotopic (exact) mass is 404 g/mol. The van der Waals surface area contributed by atoms with Crippen LogP contribution in [-0.2, 0) is 11.2 Å². The SMILES string of the molecule is Cc1ccc(CC2CNC(C(=O)Nc3ccc(Oc4ccc(F)cc4)cc3)C2)cc1. The molecular formula is C25H25FN2O2. The molecule has 2 unspecified atom stereocenters. The van der Waals surface area contributed by atoms with Crippen molar-refractivity contribution in [3.63, 3.8) is 0 Å². The van der Waals surface area contributed by atoms with Gasteiger partial charge in [-0.3, -0.25) is 4.79 Å². The van der Waals surface area contributed by atoms with Gasteiger partial charge in [-0.05, 0) is 86.3 Å².